The van der Waals surface area contributed by atoms with Crippen molar-refractivity contribution in [3.8, 4) is 11.1 Å². The van der Waals surface area contributed by atoms with Crippen molar-refractivity contribution in [2.24, 2.45) is 0 Å². The normalized spacial score (nSPS) is 10.5. The zero-order valence-corrected chi connectivity index (χ0v) is 17.7. The molecule has 0 aliphatic heterocycles. The van der Waals surface area contributed by atoms with Crippen LogP contribution in [0.25, 0.3) is 21.9 Å². The molecule has 0 heterocycles. The fourth-order valence-electron chi connectivity index (χ4n) is 2.80. The second-order valence-electron chi connectivity index (χ2n) is 5.87. The minimum absolute atomic E-state index is 0.588. The maximum absolute atomic E-state index is 4.93. The van der Waals surface area contributed by atoms with Gasteiger partial charge in [-0.25, -0.2) is 0 Å². The zero-order valence-electron chi connectivity index (χ0n) is 13.7. The van der Waals surface area contributed by atoms with Gasteiger partial charge in [-0.15, -0.1) is 34.5 Å². The van der Waals surface area contributed by atoms with E-state index in [1.807, 2.05) is 0 Å². The van der Waals surface area contributed by atoms with E-state index in [-0.39, 0.29) is 0 Å². The number of halogens is 2. The molecular weight excluding hydrogens is 402 g/mol. The van der Waals surface area contributed by atoms with Crippen molar-refractivity contribution in [3.05, 3.63) is 65.7 Å². The number of benzene rings is 2. The van der Waals surface area contributed by atoms with E-state index in [4.69, 9.17) is 17.0 Å². The molecule has 23 heavy (non-hydrogen) atoms. The quantitative estimate of drug-likeness (QED) is 0.388. The molecule has 0 aromatic heterocycles. The molecule has 0 amide bonds. The second-order valence-corrected chi connectivity index (χ2v) is 9.61. The van der Waals surface area contributed by atoms with Gasteiger partial charge in [-0.2, -0.15) is 6.07 Å². The van der Waals surface area contributed by atoms with Crippen LogP contribution >= 0.6 is 17.0 Å². The Morgan fingerprint density at radius 2 is 1.70 bits per heavy atom. The SMILES string of the molecule is CCc1cc2c(-c3ccc(C(C)C)cc3)cccc2[cH-]1.[Cl][Zr][Cl]. The third-order valence-electron chi connectivity index (χ3n) is 4.11. The van der Waals surface area contributed by atoms with Crippen molar-refractivity contribution < 1.29 is 20.8 Å². The summed E-state index contributed by atoms with van der Waals surface area (Å²) in [5.41, 5.74) is 5.48. The molecule has 3 rings (SSSR count). The molecule has 3 aromatic carbocycles. The van der Waals surface area contributed by atoms with Crippen LogP contribution in [0.1, 0.15) is 37.8 Å². The Labute approximate surface area is 157 Å². The predicted molar refractivity (Wildman–Crippen MR) is 100 cm³/mol. The van der Waals surface area contributed by atoms with E-state index in [0.29, 0.717) is 5.92 Å². The Morgan fingerprint density at radius 1 is 1.04 bits per heavy atom. The zero-order chi connectivity index (χ0) is 16.8. The van der Waals surface area contributed by atoms with Crippen LogP contribution in [0.2, 0.25) is 0 Å². The van der Waals surface area contributed by atoms with Crippen LogP contribution in [0.5, 0.6) is 0 Å². The fourth-order valence-corrected chi connectivity index (χ4v) is 2.80. The summed E-state index contributed by atoms with van der Waals surface area (Å²) in [5, 5.41) is 2.73. The molecule has 0 fully saturated rings. The molecule has 0 radical (unpaired) electrons. The number of fused-ring (bicyclic) bond motifs is 1. The van der Waals surface area contributed by atoms with E-state index in [1.54, 1.807) is 0 Å². The number of rotatable bonds is 3. The summed E-state index contributed by atoms with van der Waals surface area (Å²) in [6.07, 6.45) is 1.10. The van der Waals surface area contributed by atoms with Gasteiger partial charge in [0.1, 0.15) is 0 Å². The van der Waals surface area contributed by atoms with Gasteiger partial charge in [-0.1, -0.05) is 56.7 Å². The Balaban J connectivity index is 0.000000595. The van der Waals surface area contributed by atoms with E-state index < -0.39 is 20.8 Å². The third kappa shape index (κ3) is 4.75. The van der Waals surface area contributed by atoms with Gasteiger partial charge in [0.15, 0.2) is 0 Å². The van der Waals surface area contributed by atoms with Crippen molar-refractivity contribution in [1.29, 1.82) is 0 Å². The molecule has 120 valence electrons. The topological polar surface area (TPSA) is 0 Å². The first kappa shape index (κ1) is 18.8. The van der Waals surface area contributed by atoms with Gasteiger partial charge in [-0.05, 0) is 23.5 Å². The fraction of sp³-hybridized carbons (Fsp3) is 0.250. The summed E-state index contributed by atoms with van der Waals surface area (Å²) in [6.45, 7) is 6.69. The van der Waals surface area contributed by atoms with Crippen LogP contribution in [0.3, 0.4) is 0 Å². The predicted octanol–water partition coefficient (Wildman–Crippen LogP) is 7.29. The van der Waals surface area contributed by atoms with Gasteiger partial charge in [0, 0.05) is 0 Å². The Bertz CT molecular complexity index is 742. The molecule has 0 atom stereocenters. The molecule has 0 bridgehead atoms. The minimum atomic E-state index is -0.826. The number of hydrogen-bond acceptors (Lipinski definition) is 0. The van der Waals surface area contributed by atoms with Crippen LogP contribution in [-0.4, -0.2) is 0 Å². The molecule has 3 aromatic rings. The van der Waals surface area contributed by atoms with Gasteiger partial charge in [0.25, 0.3) is 0 Å². The first-order chi connectivity index (χ1) is 11.1. The van der Waals surface area contributed by atoms with Crippen molar-refractivity contribution in [1.82, 2.24) is 0 Å². The molecule has 0 N–H and O–H groups in total. The third-order valence-corrected chi connectivity index (χ3v) is 4.11. The molecule has 0 spiro atoms. The van der Waals surface area contributed by atoms with Crippen LogP contribution in [0.4, 0.5) is 0 Å². The van der Waals surface area contributed by atoms with Crippen molar-refractivity contribution in [2.75, 3.05) is 0 Å². The monoisotopic (exact) mass is 421 g/mol. The first-order valence-electron chi connectivity index (χ1n) is 7.85. The second kappa shape index (κ2) is 9.12. The summed E-state index contributed by atoms with van der Waals surface area (Å²) in [7, 11) is 9.87. The molecule has 3 heteroatoms. The van der Waals surface area contributed by atoms with Gasteiger partial charge < -0.3 is 0 Å². The van der Waals surface area contributed by atoms with E-state index in [1.165, 1.54) is 33.0 Å². The molecule has 0 saturated heterocycles. The van der Waals surface area contributed by atoms with Crippen LogP contribution in [0.15, 0.2) is 54.6 Å². The summed E-state index contributed by atoms with van der Waals surface area (Å²) < 4.78 is 0. The van der Waals surface area contributed by atoms with Crippen molar-refractivity contribution >= 4 is 27.8 Å². The van der Waals surface area contributed by atoms with Gasteiger partial charge in [0.05, 0.1) is 0 Å². The van der Waals surface area contributed by atoms with Gasteiger partial charge in [0.2, 0.25) is 0 Å². The van der Waals surface area contributed by atoms with E-state index >= 15 is 0 Å². The molecule has 0 unspecified atom stereocenters. The Kier molecular flexibility index (Phi) is 7.47. The summed E-state index contributed by atoms with van der Waals surface area (Å²) in [6, 6.07) is 20.2. The standard InChI is InChI=1S/C20H21.2ClH.Zr/c1-4-15-12-18-6-5-7-19(20(18)13-15)17-10-8-16(9-11-17)14(2)3;;;/h5-14H,4H2,1-3H3;2*1H;/q-1;;;+2/p-2. The van der Waals surface area contributed by atoms with E-state index in [0.717, 1.165) is 6.42 Å². The first-order valence-corrected chi connectivity index (χ1v) is 14.2. The Hall–Kier alpha value is -0.487. The van der Waals surface area contributed by atoms with Crippen LogP contribution < -0.4 is 0 Å². The Morgan fingerprint density at radius 3 is 2.26 bits per heavy atom. The van der Waals surface area contributed by atoms with Crippen molar-refractivity contribution in [3.63, 3.8) is 0 Å². The van der Waals surface area contributed by atoms with Crippen molar-refractivity contribution in [2.45, 2.75) is 33.1 Å². The van der Waals surface area contributed by atoms with E-state index in [2.05, 4.69) is 75.4 Å². The number of aryl methyl sites for hydroxylation is 1. The average molecular weight is 424 g/mol. The molecule has 0 aliphatic rings. The van der Waals surface area contributed by atoms with Gasteiger partial charge in [-0.3, -0.25) is 0 Å². The van der Waals surface area contributed by atoms with Crippen LogP contribution in [0, 0.1) is 0 Å². The maximum atomic E-state index is 4.93. The summed E-state index contributed by atoms with van der Waals surface area (Å²) >= 11 is -0.826. The molecular formula is C20H21Cl2Zr-. The molecule has 0 aliphatic carbocycles. The average Bonchev–Trinajstić information content (AvgIpc) is 2.99. The van der Waals surface area contributed by atoms with E-state index in [9.17, 15) is 0 Å². The summed E-state index contributed by atoms with van der Waals surface area (Å²) in [5.74, 6) is 0.588. The molecule has 0 saturated carbocycles. The summed E-state index contributed by atoms with van der Waals surface area (Å²) in [4.78, 5) is 0. The molecule has 0 nitrogen and oxygen atoms in total. The van der Waals surface area contributed by atoms with Gasteiger partial charge >= 0.3 is 37.9 Å². The number of hydrogen-bond donors (Lipinski definition) is 0. The van der Waals surface area contributed by atoms with Crippen LogP contribution in [-0.2, 0) is 27.3 Å².